The molecule has 2 aromatic rings. The lowest BCUT2D eigenvalue weighted by molar-refractivity contribution is -0.135. The van der Waals surface area contributed by atoms with Crippen molar-refractivity contribution in [2.75, 3.05) is 39.3 Å². The van der Waals surface area contributed by atoms with Gasteiger partial charge in [0, 0.05) is 32.2 Å². The first-order chi connectivity index (χ1) is 14.8. The van der Waals surface area contributed by atoms with Crippen LogP contribution < -0.4 is 9.46 Å². The Labute approximate surface area is 189 Å². The highest BCUT2D eigenvalue weighted by Crippen LogP contribution is 2.28. The van der Waals surface area contributed by atoms with Gasteiger partial charge in [-0.25, -0.2) is 13.1 Å². The normalized spacial score (nSPS) is 16.2. The first-order valence-electron chi connectivity index (χ1n) is 10.3. The van der Waals surface area contributed by atoms with Gasteiger partial charge in [0.05, 0.1) is 9.92 Å². The Bertz CT molecular complexity index is 993. The van der Waals surface area contributed by atoms with E-state index in [0.717, 1.165) is 25.2 Å². The molecule has 1 aliphatic rings. The third kappa shape index (κ3) is 6.20. The summed E-state index contributed by atoms with van der Waals surface area (Å²) in [4.78, 5) is 16.5. The molecule has 1 N–H and O–H groups in total. The first kappa shape index (κ1) is 23.5. The molecular formula is C22H28ClN3O4S. The van der Waals surface area contributed by atoms with Gasteiger partial charge in [-0.05, 0) is 37.2 Å². The van der Waals surface area contributed by atoms with E-state index in [-0.39, 0.29) is 28.2 Å². The van der Waals surface area contributed by atoms with Gasteiger partial charge in [-0.1, -0.05) is 48.9 Å². The number of ether oxygens (including phenoxy) is 1. The van der Waals surface area contributed by atoms with Crippen LogP contribution in [0.1, 0.15) is 25.5 Å². The number of piperazine rings is 1. The van der Waals surface area contributed by atoms with Gasteiger partial charge >= 0.3 is 0 Å². The molecule has 0 bridgehead atoms. The van der Waals surface area contributed by atoms with Gasteiger partial charge in [0.2, 0.25) is 10.0 Å². The lowest BCUT2D eigenvalue weighted by Gasteiger charge is -2.33. The average Bonchev–Trinajstić information content (AvgIpc) is 2.78. The van der Waals surface area contributed by atoms with E-state index < -0.39 is 16.1 Å². The largest absolute Gasteiger partial charge is 0.482 e. The molecule has 0 radical (unpaired) electrons. The molecule has 0 aromatic heterocycles. The Morgan fingerprint density at radius 2 is 1.81 bits per heavy atom. The van der Waals surface area contributed by atoms with Gasteiger partial charge in [0.15, 0.2) is 6.61 Å². The summed E-state index contributed by atoms with van der Waals surface area (Å²) in [5, 5.41) is 0.138. The van der Waals surface area contributed by atoms with Crippen molar-refractivity contribution in [1.29, 1.82) is 0 Å². The van der Waals surface area contributed by atoms with Gasteiger partial charge in [0.25, 0.3) is 5.91 Å². The summed E-state index contributed by atoms with van der Waals surface area (Å²) in [6.07, 6.45) is 0. The number of likely N-dealkylation sites (N-methyl/N-ethyl adjacent to an activating group) is 1. The maximum Gasteiger partial charge on any atom is 0.260 e. The average molecular weight is 466 g/mol. The predicted molar refractivity (Wildman–Crippen MR) is 121 cm³/mol. The maximum atomic E-state index is 12.7. The van der Waals surface area contributed by atoms with E-state index in [9.17, 15) is 13.2 Å². The first-order valence-corrected chi connectivity index (χ1v) is 12.2. The van der Waals surface area contributed by atoms with E-state index in [2.05, 4.69) is 16.5 Å². The SMILES string of the molecule is CCN1CCN(C(=O)COc2ccc(S(=O)(=O)N[C@@H](C)c3ccccc3)cc2Cl)CC1. The minimum atomic E-state index is -3.77. The molecular weight excluding hydrogens is 438 g/mol. The van der Waals surface area contributed by atoms with Gasteiger partial charge in [-0.15, -0.1) is 0 Å². The second-order valence-corrected chi connectivity index (χ2v) is 9.57. The maximum absolute atomic E-state index is 12.7. The van der Waals surface area contributed by atoms with Crippen LogP contribution in [0.3, 0.4) is 0 Å². The molecule has 7 nitrogen and oxygen atoms in total. The lowest BCUT2D eigenvalue weighted by atomic mass is 10.1. The fourth-order valence-corrected chi connectivity index (χ4v) is 4.98. The number of benzene rings is 2. The molecule has 168 valence electrons. The molecule has 0 saturated carbocycles. The molecule has 0 aliphatic carbocycles. The Kier molecular flexibility index (Phi) is 7.94. The highest BCUT2D eigenvalue weighted by molar-refractivity contribution is 7.89. The molecule has 0 unspecified atom stereocenters. The molecule has 1 amide bonds. The molecule has 1 saturated heterocycles. The van der Waals surface area contributed by atoms with Crippen LogP contribution in [0.2, 0.25) is 5.02 Å². The predicted octanol–water partition coefficient (Wildman–Crippen LogP) is 2.92. The van der Waals surface area contributed by atoms with Crippen LogP contribution in [-0.2, 0) is 14.8 Å². The molecule has 2 aromatic carbocycles. The van der Waals surface area contributed by atoms with Gasteiger partial charge in [0.1, 0.15) is 5.75 Å². The van der Waals surface area contributed by atoms with E-state index in [1.54, 1.807) is 11.8 Å². The topological polar surface area (TPSA) is 79.0 Å². The van der Waals surface area contributed by atoms with Gasteiger partial charge in [-0.3, -0.25) is 4.79 Å². The monoisotopic (exact) mass is 465 g/mol. The van der Waals surface area contributed by atoms with Crippen molar-refractivity contribution in [3.8, 4) is 5.75 Å². The molecule has 31 heavy (non-hydrogen) atoms. The van der Waals surface area contributed by atoms with E-state index in [1.807, 2.05) is 30.3 Å². The molecule has 3 rings (SSSR count). The van der Waals surface area contributed by atoms with Crippen LogP contribution in [0, 0.1) is 0 Å². The molecule has 1 heterocycles. The number of rotatable bonds is 8. The number of amides is 1. The Morgan fingerprint density at radius 3 is 2.42 bits per heavy atom. The Morgan fingerprint density at radius 1 is 1.13 bits per heavy atom. The number of hydrogen-bond donors (Lipinski definition) is 1. The van der Waals surface area contributed by atoms with E-state index in [0.29, 0.717) is 13.1 Å². The second-order valence-electron chi connectivity index (χ2n) is 7.45. The fraction of sp³-hybridized carbons (Fsp3) is 0.409. The van der Waals surface area contributed by atoms with Crippen molar-refractivity contribution >= 4 is 27.5 Å². The summed E-state index contributed by atoms with van der Waals surface area (Å²) in [5.41, 5.74) is 0.857. The third-order valence-corrected chi connectivity index (χ3v) is 7.20. The van der Waals surface area contributed by atoms with Crippen molar-refractivity contribution < 1.29 is 17.9 Å². The van der Waals surface area contributed by atoms with Crippen molar-refractivity contribution in [3.05, 3.63) is 59.1 Å². The standard InChI is InChI=1S/C22H28ClN3O4S/c1-3-25-11-13-26(14-12-25)22(27)16-30-21-10-9-19(15-20(21)23)31(28,29)24-17(2)18-7-5-4-6-8-18/h4-10,15,17,24H,3,11-14,16H2,1-2H3/t17-/m0/s1. The van der Waals surface area contributed by atoms with E-state index in [4.69, 9.17) is 16.3 Å². The lowest BCUT2D eigenvalue weighted by Crippen LogP contribution is -2.49. The summed E-state index contributed by atoms with van der Waals surface area (Å²) >= 11 is 6.25. The smallest absolute Gasteiger partial charge is 0.260 e. The zero-order valence-corrected chi connectivity index (χ0v) is 19.3. The van der Waals surface area contributed by atoms with Crippen molar-refractivity contribution in [1.82, 2.24) is 14.5 Å². The number of halogens is 1. The summed E-state index contributed by atoms with van der Waals surface area (Å²) in [5.74, 6) is 0.166. The van der Waals surface area contributed by atoms with Crippen molar-refractivity contribution in [2.24, 2.45) is 0 Å². The van der Waals surface area contributed by atoms with Crippen molar-refractivity contribution in [3.63, 3.8) is 0 Å². The molecule has 0 spiro atoms. The van der Waals surface area contributed by atoms with Crippen LogP contribution in [-0.4, -0.2) is 63.5 Å². The molecule has 1 atom stereocenters. The van der Waals surface area contributed by atoms with Crippen LogP contribution in [0.4, 0.5) is 0 Å². The molecule has 9 heteroatoms. The van der Waals surface area contributed by atoms with Crippen LogP contribution in [0.15, 0.2) is 53.4 Å². The van der Waals surface area contributed by atoms with E-state index >= 15 is 0 Å². The summed E-state index contributed by atoms with van der Waals surface area (Å²) in [6.45, 7) is 7.76. The number of carbonyl (C=O) groups excluding carboxylic acids is 1. The molecule has 1 aliphatic heterocycles. The zero-order chi connectivity index (χ0) is 22.4. The number of hydrogen-bond acceptors (Lipinski definition) is 5. The highest BCUT2D eigenvalue weighted by atomic mass is 35.5. The van der Waals surface area contributed by atoms with Gasteiger partial charge < -0.3 is 14.5 Å². The van der Waals surface area contributed by atoms with E-state index in [1.165, 1.54) is 18.2 Å². The van der Waals surface area contributed by atoms with Crippen LogP contribution in [0.25, 0.3) is 0 Å². The number of nitrogens with zero attached hydrogens (tertiary/aromatic N) is 2. The Hall–Kier alpha value is -2.13. The fourth-order valence-electron chi connectivity index (χ4n) is 3.42. The highest BCUT2D eigenvalue weighted by Gasteiger charge is 2.22. The minimum Gasteiger partial charge on any atom is -0.482 e. The second kappa shape index (κ2) is 10.5. The summed E-state index contributed by atoms with van der Waals surface area (Å²) in [6, 6.07) is 13.1. The number of nitrogens with one attached hydrogen (secondary N) is 1. The quantitative estimate of drug-likeness (QED) is 0.648. The summed E-state index contributed by atoms with van der Waals surface area (Å²) in [7, 11) is -3.77. The zero-order valence-electron chi connectivity index (χ0n) is 17.8. The number of sulfonamides is 1. The van der Waals surface area contributed by atoms with Crippen molar-refractivity contribution in [2.45, 2.75) is 24.8 Å². The minimum absolute atomic E-state index is 0.0367. The third-order valence-electron chi connectivity index (χ3n) is 5.37. The summed E-state index contributed by atoms with van der Waals surface area (Å²) < 4.78 is 33.7. The molecule has 1 fully saturated rings. The van der Waals surface area contributed by atoms with Crippen LogP contribution in [0.5, 0.6) is 5.75 Å². The Balaban J connectivity index is 1.59. The van der Waals surface area contributed by atoms with Gasteiger partial charge in [-0.2, -0.15) is 0 Å². The van der Waals surface area contributed by atoms with Crippen LogP contribution >= 0.6 is 11.6 Å². The number of carbonyl (C=O) groups is 1.